The summed E-state index contributed by atoms with van der Waals surface area (Å²) in [5.41, 5.74) is 15.1. The number of Topliss-reactive ketones (excluding diaryl/α,β-unsaturated/α-hetero) is 1. The molecule has 0 aliphatic carbocycles. The minimum atomic E-state index is -1.04. The number of alkyl halides is 1. The Hall–Kier alpha value is -10.7. The van der Waals surface area contributed by atoms with Crippen molar-refractivity contribution in [1.82, 2.24) is 35.3 Å². The molecule has 0 unspecified atom stereocenters. The fraction of sp³-hybridized carbons (Fsp3) is 0.400. The van der Waals surface area contributed by atoms with Crippen LogP contribution in [0.15, 0.2) is 103 Å². The molecule has 0 spiro atoms. The third kappa shape index (κ3) is 20.7. The third-order valence-corrected chi connectivity index (χ3v) is 17.0. The second-order valence-corrected chi connectivity index (χ2v) is 24.6. The van der Waals surface area contributed by atoms with Gasteiger partial charge in [0, 0.05) is 118 Å². The van der Waals surface area contributed by atoms with E-state index in [0.29, 0.717) is 76.4 Å². The van der Waals surface area contributed by atoms with E-state index in [1.807, 2.05) is 25.1 Å². The number of likely N-dealkylation sites (N-methyl/N-ethyl adjacent to an activating group) is 1. The number of rotatable bonds is 36. The Kier molecular flexibility index (Phi) is 27.2. The van der Waals surface area contributed by atoms with Gasteiger partial charge in [0.25, 0.3) is 23.6 Å². The molecule has 2 aliphatic rings. The zero-order valence-electron chi connectivity index (χ0n) is 56.3. The number of anilines is 3. The Morgan fingerprint density at radius 2 is 1.56 bits per heavy atom. The lowest BCUT2D eigenvalue weighted by Gasteiger charge is -2.26. The molecule has 11 amide bonds. The van der Waals surface area contributed by atoms with Crippen molar-refractivity contribution < 1.29 is 81.2 Å². The van der Waals surface area contributed by atoms with E-state index in [-0.39, 0.29) is 121 Å². The van der Waals surface area contributed by atoms with Crippen molar-refractivity contribution >= 4 is 116 Å². The number of fused-ring (bicyclic) bond motifs is 4. The highest BCUT2D eigenvalue weighted by molar-refractivity contribution is 6.20. The zero-order chi connectivity index (χ0) is 72.0. The number of hydrogen-bond acceptors (Lipinski definition) is 18. The Bertz CT molecular complexity index is 3980. The highest BCUT2D eigenvalue weighted by atomic mass is 35.5. The number of H-pyrrole nitrogens is 1. The number of carbonyl (C=O) groups is 11. The maximum absolute atomic E-state index is 14.7. The van der Waals surface area contributed by atoms with Gasteiger partial charge in [-0.05, 0) is 109 Å². The normalized spacial score (nSPS) is 13.8. The van der Waals surface area contributed by atoms with Crippen molar-refractivity contribution in [2.45, 2.75) is 77.9 Å². The molecule has 2 aromatic heterocycles. The van der Waals surface area contributed by atoms with Gasteiger partial charge in [-0.15, -0.1) is 11.6 Å². The molecule has 0 fully saturated rings. The summed E-state index contributed by atoms with van der Waals surface area (Å²) in [7, 11) is 3.08. The first kappa shape index (κ1) is 75.1. The van der Waals surface area contributed by atoms with Crippen LogP contribution >= 0.6 is 11.6 Å². The number of methoxy groups -OCH3 is 1. The summed E-state index contributed by atoms with van der Waals surface area (Å²) in [5, 5.41) is 12.6. The first-order valence-electron chi connectivity index (χ1n) is 32.6. The largest absolute Gasteiger partial charge is 0.491 e. The molecular weight excluding hydrogens is 1320 g/mol. The molecule has 8 rings (SSSR count). The standard InChI is InChI=1S/C70H83ClN12O17/c1-42(2)62(79-68(92)98-33-31-96-29-28-82-58(86)22-23-59(82)87)55(84)36-46(11-9-24-74-67(73)91)65(89)76-49-18-14-44(15-19-49)41-99-69(93)80(4)26-27-81(25-7-6-13-57(72)85)70(94)100-56-37-54-61(60-43(3)10-8-12-52(56)60)48(38-71)40-83(54)66(90)53-35-47-34-50(39-75-63(47)78-53)77-64(88)45-16-20-51(21-17-45)97-32-30-95-5/h8,10,12,14-23,34-35,37,39,42,46,48,62H,6-7,9,11,13,24-33,36,38,40-41H2,1-5H3,(H2,72,85)(H,75,78)(H,76,89)(H,77,88)(H,79,92)(H3,73,74,91)/t46-,48-,62+/m1/s1. The molecular formula is C70H83ClN12O17. The molecule has 2 aliphatic heterocycles. The summed E-state index contributed by atoms with van der Waals surface area (Å²) in [6.07, 6.45) is 2.34. The topological polar surface area (TPSA) is 385 Å². The van der Waals surface area contributed by atoms with E-state index in [2.05, 4.69) is 31.2 Å². The summed E-state index contributed by atoms with van der Waals surface area (Å²) >= 11 is 6.68. The third-order valence-electron chi connectivity index (χ3n) is 16.6. The number of urea groups is 1. The minimum absolute atomic E-state index is 0.0167. The average molecular weight is 1400 g/mol. The number of nitrogens with one attached hydrogen (secondary N) is 5. The molecule has 30 heteroatoms. The SMILES string of the molecule is COCCOc1ccc(C(=O)Nc2cnc3[nH]c(C(=O)N4C[C@@H](CCl)c5c4cc(OC(=O)N(CCCCC(N)=O)CCN(C)C(=O)OCc4ccc(NC(=O)[C@H](CCCNC(N)=O)CC(=O)[C@@H](NC(=O)OCCOCCN6C(=O)C=CC6=O)C(C)C)cc4)c4cccc(C)c54)cc3c2)cc1. The van der Waals surface area contributed by atoms with E-state index in [1.165, 1.54) is 23.0 Å². The first-order chi connectivity index (χ1) is 48.0. The zero-order valence-corrected chi connectivity index (χ0v) is 57.0. The number of ether oxygens (including phenoxy) is 6. The van der Waals surface area contributed by atoms with Crippen LogP contribution in [0.1, 0.15) is 95.8 Å². The van der Waals surface area contributed by atoms with Crippen molar-refractivity contribution in [3.05, 3.63) is 131 Å². The number of unbranched alkanes of at least 4 members (excludes halogenated alkanes) is 1. The average Bonchev–Trinajstić information content (AvgIpc) is 1.50. The quantitative estimate of drug-likeness (QED) is 0.0113. The molecule has 3 atom stereocenters. The van der Waals surface area contributed by atoms with Crippen molar-refractivity contribution in [3.8, 4) is 11.5 Å². The molecule has 0 saturated heterocycles. The van der Waals surface area contributed by atoms with Crippen LogP contribution < -0.4 is 47.1 Å². The minimum Gasteiger partial charge on any atom is -0.491 e. The maximum Gasteiger partial charge on any atom is 0.415 e. The number of amides is 11. The summed E-state index contributed by atoms with van der Waals surface area (Å²) in [4.78, 5) is 156. The van der Waals surface area contributed by atoms with E-state index >= 15 is 0 Å². The number of nitrogens with zero attached hydrogens (tertiary/aromatic N) is 5. The Balaban J connectivity index is 0.875. The van der Waals surface area contributed by atoms with Crippen molar-refractivity contribution in [2.24, 2.45) is 23.3 Å². The van der Waals surface area contributed by atoms with Crippen LogP contribution in [0.25, 0.3) is 21.8 Å². The number of ketones is 1. The number of primary amides is 2. The predicted molar refractivity (Wildman–Crippen MR) is 370 cm³/mol. The summed E-state index contributed by atoms with van der Waals surface area (Å²) in [6, 6.07) is 21.9. The molecule has 29 nitrogen and oxygen atoms in total. The number of pyridine rings is 1. The summed E-state index contributed by atoms with van der Waals surface area (Å²) in [6.45, 7) is 6.12. The number of aromatic amines is 1. The fourth-order valence-electron chi connectivity index (χ4n) is 11.3. The van der Waals surface area contributed by atoms with Gasteiger partial charge in [0.1, 0.15) is 42.7 Å². The Morgan fingerprint density at radius 1 is 0.810 bits per heavy atom. The molecule has 9 N–H and O–H groups in total. The van der Waals surface area contributed by atoms with Gasteiger partial charge >= 0.3 is 24.3 Å². The number of carbonyl (C=O) groups excluding carboxylic acids is 11. The number of benzene rings is 4. The predicted octanol–water partition coefficient (Wildman–Crippen LogP) is 7.66. The van der Waals surface area contributed by atoms with Gasteiger partial charge in [-0.3, -0.25) is 38.5 Å². The van der Waals surface area contributed by atoms with Gasteiger partial charge in [-0.1, -0.05) is 44.2 Å². The van der Waals surface area contributed by atoms with E-state index in [0.717, 1.165) is 33.6 Å². The van der Waals surface area contributed by atoms with Crippen LogP contribution in [0.4, 0.5) is 36.2 Å². The fourth-order valence-corrected chi connectivity index (χ4v) is 11.6. The lowest BCUT2D eigenvalue weighted by atomic mass is 9.89. The van der Waals surface area contributed by atoms with Crippen LogP contribution in [-0.2, 0) is 49.5 Å². The molecule has 4 aromatic carbocycles. The van der Waals surface area contributed by atoms with Gasteiger partial charge in [-0.25, -0.2) is 24.2 Å². The summed E-state index contributed by atoms with van der Waals surface area (Å²) in [5.74, 6) is -3.90. The Labute approximate surface area is 581 Å². The van der Waals surface area contributed by atoms with Gasteiger partial charge in [0.15, 0.2) is 5.78 Å². The molecule has 0 radical (unpaired) electrons. The molecule has 4 heterocycles. The van der Waals surface area contributed by atoms with Crippen LogP contribution in [0, 0.1) is 18.8 Å². The molecule has 0 bridgehead atoms. The van der Waals surface area contributed by atoms with Crippen LogP contribution in [0.2, 0.25) is 0 Å². The van der Waals surface area contributed by atoms with E-state index in [1.54, 1.807) is 92.6 Å². The van der Waals surface area contributed by atoms with E-state index < -0.39 is 77.5 Å². The van der Waals surface area contributed by atoms with Crippen LogP contribution in [0.5, 0.6) is 11.5 Å². The summed E-state index contributed by atoms with van der Waals surface area (Å²) < 4.78 is 33.2. The van der Waals surface area contributed by atoms with Gasteiger partial charge < -0.3 is 80.8 Å². The van der Waals surface area contributed by atoms with Gasteiger partial charge in [-0.2, -0.15) is 0 Å². The second-order valence-electron chi connectivity index (χ2n) is 24.3. The lowest BCUT2D eigenvalue weighted by molar-refractivity contribution is -0.137. The number of nitrogens with two attached hydrogens (primary N) is 2. The number of hydrogen-bond donors (Lipinski definition) is 7. The van der Waals surface area contributed by atoms with Crippen LogP contribution in [0.3, 0.4) is 0 Å². The van der Waals surface area contributed by atoms with E-state index in [4.69, 9.17) is 51.5 Å². The Morgan fingerprint density at radius 3 is 2.26 bits per heavy atom. The highest BCUT2D eigenvalue weighted by Crippen LogP contribution is 2.47. The molecule has 532 valence electrons. The van der Waals surface area contributed by atoms with Crippen molar-refractivity contribution in [2.75, 3.05) is 108 Å². The number of halogens is 1. The maximum atomic E-state index is 14.7. The smallest absolute Gasteiger partial charge is 0.415 e. The van der Waals surface area contributed by atoms with E-state index in [9.17, 15) is 52.7 Å². The molecule has 100 heavy (non-hydrogen) atoms. The molecule has 6 aromatic rings. The van der Waals surface area contributed by atoms with Crippen molar-refractivity contribution in [3.63, 3.8) is 0 Å². The molecule has 0 saturated carbocycles. The number of alkyl carbamates (subject to hydrolysis) is 1. The van der Waals surface area contributed by atoms with Gasteiger partial charge in [0.2, 0.25) is 11.8 Å². The second kappa shape index (κ2) is 36.3. The van der Waals surface area contributed by atoms with Crippen molar-refractivity contribution in [1.29, 1.82) is 0 Å². The first-order valence-corrected chi connectivity index (χ1v) is 33.1. The van der Waals surface area contributed by atoms with Gasteiger partial charge in [0.05, 0.1) is 50.0 Å². The van der Waals surface area contributed by atoms with Crippen LogP contribution in [-0.4, -0.2) is 189 Å². The number of aromatic nitrogens is 2. The number of imide groups is 1. The highest BCUT2D eigenvalue weighted by Gasteiger charge is 2.37. The monoisotopic (exact) mass is 1400 g/mol. The lowest BCUT2D eigenvalue weighted by Crippen LogP contribution is -2.46. The number of aryl methyl sites for hydroxylation is 1.